The Morgan fingerprint density at radius 3 is 2.21 bits per heavy atom. The molecule has 3 heterocycles. The van der Waals surface area contributed by atoms with Gasteiger partial charge in [0.2, 0.25) is 11.8 Å². The zero-order valence-electron chi connectivity index (χ0n) is 25.3. The maximum Gasteiger partial charge on any atom is 0.257 e. The largest absolute Gasteiger partial charge is 0.491 e. The Kier molecular flexibility index (Phi) is 9.75. The second kappa shape index (κ2) is 13.1. The number of rotatable bonds is 12. The van der Waals surface area contributed by atoms with E-state index in [4.69, 9.17) is 23.9 Å². The van der Waals surface area contributed by atoms with Crippen LogP contribution in [-0.4, -0.2) is 88.1 Å². The van der Waals surface area contributed by atoms with Crippen LogP contribution >= 0.6 is 15.9 Å². The summed E-state index contributed by atoms with van der Waals surface area (Å²) in [6, 6.07) is 13.3. The average Bonchev–Trinajstić information content (AvgIpc) is 2.99. The molecular formula is C31H38BrN5O5. The van der Waals surface area contributed by atoms with E-state index in [-0.39, 0.29) is 0 Å². The highest BCUT2D eigenvalue weighted by molar-refractivity contribution is 9.10. The predicted molar refractivity (Wildman–Crippen MR) is 167 cm³/mol. The number of hydrogen-bond acceptors (Lipinski definition) is 10. The molecule has 4 rings (SSSR count). The summed E-state index contributed by atoms with van der Waals surface area (Å²) in [5.41, 5.74) is 1.15. The molecule has 0 aliphatic carbocycles. The first-order valence-electron chi connectivity index (χ1n) is 13.4. The van der Waals surface area contributed by atoms with Crippen molar-refractivity contribution in [1.29, 1.82) is 0 Å². The number of hydrogen-bond donors (Lipinski definition) is 1. The van der Waals surface area contributed by atoms with E-state index in [9.17, 15) is 5.11 Å². The lowest BCUT2D eigenvalue weighted by Gasteiger charge is -2.39. The van der Waals surface area contributed by atoms with Gasteiger partial charge in [-0.25, -0.2) is 9.97 Å². The first kappa shape index (κ1) is 31.3. The third-order valence-corrected chi connectivity index (χ3v) is 7.75. The number of nitrogens with zero attached hydrogens (tertiary/aromatic N) is 5. The molecule has 11 heteroatoms. The molecule has 0 fully saturated rings. The van der Waals surface area contributed by atoms with Gasteiger partial charge in [-0.05, 0) is 62.5 Å². The van der Waals surface area contributed by atoms with Crippen molar-refractivity contribution >= 4 is 32.7 Å². The van der Waals surface area contributed by atoms with Crippen molar-refractivity contribution in [2.75, 3.05) is 68.1 Å². The van der Waals surface area contributed by atoms with E-state index in [2.05, 4.69) is 25.9 Å². The minimum absolute atomic E-state index is 0.298. The highest BCUT2D eigenvalue weighted by atomic mass is 79.9. The highest BCUT2D eigenvalue weighted by Gasteiger charge is 2.45. The summed E-state index contributed by atoms with van der Waals surface area (Å²) in [5, 5.41) is 14.1. The number of halogens is 1. The molecule has 0 spiro atoms. The van der Waals surface area contributed by atoms with Crippen molar-refractivity contribution in [2.24, 2.45) is 0 Å². The van der Waals surface area contributed by atoms with Gasteiger partial charge in [0.15, 0.2) is 5.75 Å². The number of anilines is 1. The average molecular weight is 641 g/mol. The highest BCUT2D eigenvalue weighted by Crippen LogP contribution is 2.51. The second-order valence-electron chi connectivity index (χ2n) is 10.4. The van der Waals surface area contributed by atoms with Gasteiger partial charge in [-0.15, -0.1) is 0 Å². The van der Waals surface area contributed by atoms with E-state index >= 15 is 0 Å². The number of benzene rings is 1. The lowest BCUT2D eigenvalue weighted by molar-refractivity contribution is 0.00289. The predicted octanol–water partition coefficient (Wildman–Crippen LogP) is 4.86. The molecule has 0 aliphatic rings. The number of ether oxygens (including phenoxy) is 4. The van der Waals surface area contributed by atoms with Gasteiger partial charge in [-0.1, -0.05) is 15.9 Å². The topological polar surface area (TPSA) is 102 Å². The van der Waals surface area contributed by atoms with Gasteiger partial charge in [0.05, 0.1) is 39.9 Å². The van der Waals surface area contributed by atoms with Crippen LogP contribution in [0.15, 0.2) is 53.1 Å². The van der Waals surface area contributed by atoms with E-state index < -0.39 is 11.5 Å². The van der Waals surface area contributed by atoms with Crippen molar-refractivity contribution in [2.45, 2.75) is 17.9 Å². The second-order valence-corrected chi connectivity index (χ2v) is 11.3. The molecule has 0 saturated carbocycles. The van der Waals surface area contributed by atoms with Gasteiger partial charge < -0.3 is 33.9 Å². The number of methoxy groups -OCH3 is 4. The van der Waals surface area contributed by atoms with Gasteiger partial charge in [-0.2, -0.15) is 4.98 Å². The Labute approximate surface area is 255 Å². The molecule has 0 unspecified atom stereocenters. The molecule has 1 N–H and O–H groups in total. The quantitative estimate of drug-likeness (QED) is 0.231. The van der Waals surface area contributed by atoms with Crippen molar-refractivity contribution in [3.63, 3.8) is 0 Å². The van der Waals surface area contributed by atoms with Crippen molar-refractivity contribution in [3.05, 3.63) is 69.8 Å². The standard InChI is InChI=1S/C31H38BrN5O5/c1-36(2)14-12-31(38,20-17-25(37(3)4)35-26(18-20)39-5)27(22-11-13-33-30(42-8)28(22)40-6)23-16-19-15-21(32)9-10-24(19)34-29(23)41-7/h9-11,13,15-18,27,38H,12,14H2,1-8H3/t27-,31-/m1/s1. The van der Waals surface area contributed by atoms with Crippen LogP contribution in [-0.2, 0) is 5.60 Å². The Morgan fingerprint density at radius 2 is 1.60 bits per heavy atom. The van der Waals surface area contributed by atoms with Crippen molar-refractivity contribution in [1.82, 2.24) is 19.9 Å². The Hall–Kier alpha value is -3.67. The lowest BCUT2D eigenvalue weighted by Crippen LogP contribution is -2.38. The van der Waals surface area contributed by atoms with Crippen molar-refractivity contribution < 1.29 is 24.1 Å². The molecule has 0 aliphatic heterocycles. The van der Waals surface area contributed by atoms with E-state index in [0.717, 1.165) is 15.4 Å². The van der Waals surface area contributed by atoms with Gasteiger partial charge in [0.25, 0.3) is 5.88 Å². The summed E-state index contributed by atoms with van der Waals surface area (Å²) in [5.74, 6) is 1.34. The first-order valence-corrected chi connectivity index (χ1v) is 14.2. The maximum absolute atomic E-state index is 13.2. The molecule has 0 saturated heterocycles. The van der Waals surface area contributed by atoms with Crippen LogP contribution in [0.1, 0.15) is 29.0 Å². The summed E-state index contributed by atoms with van der Waals surface area (Å²) in [7, 11) is 14.0. The van der Waals surface area contributed by atoms with Crippen molar-refractivity contribution in [3.8, 4) is 23.4 Å². The minimum Gasteiger partial charge on any atom is -0.491 e. The molecule has 3 aromatic heterocycles. The molecule has 4 aromatic rings. The normalized spacial score (nSPS) is 13.5. The zero-order valence-corrected chi connectivity index (χ0v) is 26.9. The fraction of sp³-hybridized carbons (Fsp3) is 0.387. The van der Waals surface area contributed by atoms with E-state index in [0.29, 0.717) is 58.9 Å². The Bertz CT molecular complexity index is 1550. The smallest absolute Gasteiger partial charge is 0.257 e. The van der Waals surface area contributed by atoms with Gasteiger partial charge in [-0.3, -0.25) is 0 Å². The fourth-order valence-electron chi connectivity index (χ4n) is 5.14. The SMILES string of the molecule is COc1cc([C@](O)(CCN(C)C)[C@@H](c2cc3cc(Br)ccc3nc2OC)c2ccnc(OC)c2OC)cc(N(C)C)n1. The molecule has 10 nitrogen and oxygen atoms in total. The number of aromatic nitrogens is 3. The van der Waals surface area contributed by atoms with E-state index in [1.165, 1.54) is 7.11 Å². The Balaban J connectivity index is 2.16. The molecule has 1 aromatic carbocycles. The minimum atomic E-state index is -1.54. The van der Waals surface area contributed by atoms with Crippen LogP contribution in [0.3, 0.4) is 0 Å². The van der Waals surface area contributed by atoms with Crippen LogP contribution in [0.2, 0.25) is 0 Å². The van der Waals surface area contributed by atoms with Gasteiger partial charge in [0, 0.05) is 53.9 Å². The number of pyridine rings is 3. The number of fused-ring (bicyclic) bond motifs is 1. The molecule has 0 bridgehead atoms. The van der Waals surface area contributed by atoms with E-state index in [1.54, 1.807) is 33.6 Å². The summed E-state index contributed by atoms with van der Waals surface area (Å²) in [6.45, 7) is 0.564. The molecule has 0 radical (unpaired) electrons. The molecule has 0 amide bonds. The summed E-state index contributed by atoms with van der Waals surface area (Å²) in [6.07, 6.45) is 1.98. The summed E-state index contributed by atoms with van der Waals surface area (Å²) >= 11 is 3.59. The monoisotopic (exact) mass is 639 g/mol. The van der Waals surface area contributed by atoms with E-state index in [1.807, 2.05) is 74.4 Å². The first-order chi connectivity index (χ1) is 20.1. The van der Waals surface area contributed by atoms with Crippen LogP contribution in [0.25, 0.3) is 10.9 Å². The number of aliphatic hydroxyl groups is 1. The summed E-state index contributed by atoms with van der Waals surface area (Å²) < 4.78 is 23.9. The third-order valence-electron chi connectivity index (χ3n) is 7.26. The maximum atomic E-state index is 13.2. The molecular weight excluding hydrogens is 602 g/mol. The fourth-order valence-corrected chi connectivity index (χ4v) is 5.52. The zero-order chi connectivity index (χ0) is 30.6. The van der Waals surface area contributed by atoms with Gasteiger partial charge >= 0.3 is 0 Å². The van der Waals surface area contributed by atoms with Gasteiger partial charge in [0.1, 0.15) is 11.4 Å². The molecule has 224 valence electrons. The third kappa shape index (κ3) is 6.23. The van der Waals surface area contributed by atoms with Crippen LogP contribution in [0.4, 0.5) is 5.82 Å². The summed E-state index contributed by atoms with van der Waals surface area (Å²) in [4.78, 5) is 17.7. The van der Waals surface area contributed by atoms with Crippen LogP contribution in [0, 0.1) is 0 Å². The van der Waals surface area contributed by atoms with Crippen LogP contribution in [0.5, 0.6) is 23.4 Å². The molecule has 2 atom stereocenters. The lowest BCUT2D eigenvalue weighted by atomic mass is 9.71. The Morgan fingerprint density at radius 1 is 0.857 bits per heavy atom. The molecule has 42 heavy (non-hydrogen) atoms. The van der Waals surface area contributed by atoms with Crippen LogP contribution < -0.4 is 23.8 Å².